The van der Waals surface area contributed by atoms with Crippen molar-refractivity contribution in [1.29, 1.82) is 0 Å². The molecule has 2 N–H and O–H groups in total. The number of carboxylic acid groups (broad SMARTS) is 1. The molecule has 2 aliphatic rings. The molecule has 4 unspecified atom stereocenters. The minimum absolute atomic E-state index is 0.396. The summed E-state index contributed by atoms with van der Waals surface area (Å²) in [7, 11) is 0. The van der Waals surface area contributed by atoms with Gasteiger partial charge in [-0.1, -0.05) is 24.3 Å². The van der Waals surface area contributed by atoms with Crippen molar-refractivity contribution in [2.75, 3.05) is 4.90 Å². The van der Waals surface area contributed by atoms with E-state index in [9.17, 15) is 19.5 Å². The SMILES string of the molecule is Cc1ccccc1N1C(=O)C2C(c3ccccn3)NC(C)(C(=O)O)C2C1=O. The van der Waals surface area contributed by atoms with Crippen LogP contribution in [0.2, 0.25) is 0 Å². The number of nitrogens with zero attached hydrogens (tertiary/aromatic N) is 2. The summed E-state index contributed by atoms with van der Waals surface area (Å²) in [6.45, 7) is 3.28. The predicted molar refractivity (Wildman–Crippen MR) is 96.8 cm³/mol. The standard InChI is InChI=1S/C20H19N3O4/c1-11-7-3-4-9-13(11)23-17(24)14-15(18(23)25)20(2,19(26)27)22-16(14)12-8-5-6-10-21-12/h3-10,14-16,22H,1-2H3,(H,26,27). The number of carbonyl (C=O) groups is 3. The highest BCUT2D eigenvalue weighted by Gasteiger charge is 2.67. The van der Waals surface area contributed by atoms with E-state index in [4.69, 9.17) is 0 Å². The largest absolute Gasteiger partial charge is 0.480 e. The highest BCUT2D eigenvalue weighted by atomic mass is 16.4. The smallest absolute Gasteiger partial charge is 0.324 e. The van der Waals surface area contributed by atoms with Crippen molar-refractivity contribution >= 4 is 23.5 Å². The number of anilines is 1. The van der Waals surface area contributed by atoms with E-state index in [0.717, 1.165) is 10.5 Å². The molecule has 0 saturated carbocycles. The number of hydrogen-bond acceptors (Lipinski definition) is 5. The summed E-state index contributed by atoms with van der Waals surface area (Å²) in [5, 5.41) is 12.8. The second kappa shape index (κ2) is 5.99. The van der Waals surface area contributed by atoms with Gasteiger partial charge in [0.15, 0.2) is 0 Å². The number of para-hydroxylation sites is 1. The fourth-order valence-electron chi connectivity index (χ4n) is 4.20. The Kier molecular flexibility index (Phi) is 3.85. The highest BCUT2D eigenvalue weighted by Crippen LogP contribution is 2.49. The van der Waals surface area contributed by atoms with Gasteiger partial charge in [-0.3, -0.25) is 24.7 Å². The molecule has 0 radical (unpaired) electrons. The summed E-state index contributed by atoms with van der Waals surface area (Å²) in [4.78, 5) is 44.0. The van der Waals surface area contributed by atoms with Crippen molar-refractivity contribution in [3.8, 4) is 0 Å². The monoisotopic (exact) mass is 365 g/mol. The van der Waals surface area contributed by atoms with Crippen LogP contribution >= 0.6 is 0 Å². The lowest BCUT2D eigenvalue weighted by atomic mass is 9.81. The molecule has 2 aliphatic heterocycles. The Labute approximate surface area is 156 Å². The Bertz CT molecular complexity index is 945. The van der Waals surface area contributed by atoms with E-state index in [1.165, 1.54) is 6.92 Å². The second-order valence-corrected chi connectivity index (χ2v) is 7.19. The third-order valence-electron chi connectivity index (χ3n) is 5.59. The zero-order chi connectivity index (χ0) is 19.3. The first-order chi connectivity index (χ1) is 12.9. The van der Waals surface area contributed by atoms with Crippen LogP contribution in [0, 0.1) is 18.8 Å². The number of amides is 2. The van der Waals surface area contributed by atoms with E-state index in [2.05, 4.69) is 10.3 Å². The number of pyridine rings is 1. The van der Waals surface area contributed by atoms with Gasteiger partial charge in [0, 0.05) is 6.20 Å². The van der Waals surface area contributed by atoms with Crippen LogP contribution in [0.5, 0.6) is 0 Å². The van der Waals surface area contributed by atoms with Gasteiger partial charge in [-0.15, -0.1) is 0 Å². The maximum Gasteiger partial charge on any atom is 0.324 e. The van der Waals surface area contributed by atoms with Gasteiger partial charge < -0.3 is 5.11 Å². The molecule has 4 atom stereocenters. The number of imide groups is 1. The van der Waals surface area contributed by atoms with E-state index in [1.54, 1.807) is 36.5 Å². The average Bonchev–Trinajstić information content (AvgIpc) is 3.11. The summed E-state index contributed by atoms with van der Waals surface area (Å²) in [6.07, 6.45) is 1.59. The van der Waals surface area contributed by atoms with E-state index in [-0.39, 0.29) is 0 Å². The minimum atomic E-state index is -1.56. The van der Waals surface area contributed by atoms with Crippen LogP contribution in [-0.2, 0) is 14.4 Å². The molecule has 3 heterocycles. The molecule has 7 nitrogen and oxygen atoms in total. The zero-order valence-electron chi connectivity index (χ0n) is 14.9. The van der Waals surface area contributed by atoms with Gasteiger partial charge in [0.1, 0.15) is 5.54 Å². The maximum atomic E-state index is 13.3. The van der Waals surface area contributed by atoms with Gasteiger partial charge in [-0.25, -0.2) is 4.90 Å². The number of nitrogens with one attached hydrogen (secondary N) is 1. The summed E-state index contributed by atoms with van der Waals surface area (Å²) >= 11 is 0. The Morgan fingerprint density at radius 2 is 1.85 bits per heavy atom. The van der Waals surface area contributed by atoms with Gasteiger partial charge in [0.05, 0.1) is 29.3 Å². The maximum absolute atomic E-state index is 13.3. The molecule has 4 rings (SSSR count). The number of aromatic nitrogens is 1. The van der Waals surface area contributed by atoms with Gasteiger partial charge in [0.2, 0.25) is 11.8 Å². The van der Waals surface area contributed by atoms with Crippen molar-refractivity contribution in [3.63, 3.8) is 0 Å². The number of aryl methyl sites for hydroxylation is 1. The third kappa shape index (κ3) is 2.39. The van der Waals surface area contributed by atoms with Crippen molar-refractivity contribution in [1.82, 2.24) is 10.3 Å². The van der Waals surface area contributed by atoms with Crippen molar-refractivity contribution in [2.45, 2.75) is 25.4 Å². The lowest BCUT2D eigenvalue weighted by molar-refractivity contribution is -0.147. The van der Waals surface area contributed by atoms with Crippen LogP contribution in [0.3, 0.4) is 0 Å². The molecule has 2 saturated heterocycles. The number of carboxylic acids is 1. The van der Waals surface area contributed by atoms with E-state index in [0.29, 0.717) is 11.4 Å². The lowest BCUT2D eigenvalue weighted by Crippen LogP contribution is -2.53. The average molecular weight is 365 g/mol. The molecule has 1 aromatic heterocycles. The second-order valence-electron chi connectivity index (χ2n) is 7.19. The van der Waals surface area contributed by atoms with E-state index >= 15 is 0 Å². The molecular formula is C20H19N3O4. The molecule has 2 amide bonds. The van der Waals surface area contributed by atoms with Crippen molar-refractivity contribution < 1.29 is 19.5 Å². The normalized spacial score (nSPS) is 29.9. The number of benzene rings is 1. The van der Waals surface area contributed by atoms with Gasteiger partial charge >= 0.3 is 5.97 Å². The molecule has 7 heteroatoms. The topological polar surface area (TPSA) is 99.6 Å². The van der Waals surface area contributed by atoms with Crippen LogP contribution in [0.1, 0.15) is 24.2 Å². The quantitative estimate of drug-likeness (QED) is 0.803. The fourth-order valence-corrected chi connectivity index (χ4v) is 4.20. The van der Waals surface area contributed by atoms with Gasteiger partial charge in [-0.2, -0.15) is 0 Å². The van der Waals surface area contributed by atoms with Crippen LogP contribution in [0.15, 0.2) is 48.7 Å². The molecule has 2 aromatic rings. The first kappa shape index (κ1) is 17.4. The Morgan fingerprint density at radius 3 is 2.48 bits per heavy atom. The Hall–Kier alpha value is -3.06. The number of rotatable bonds is 3. The van der Waals surface area contributed by atoms with Gasteiger partial charge in [0.25, 0.3) is 0 Å². The zero-order valence-corrected chi connectivity index (χ0v) is 14.9. The molecule has 0 spiro atoms. The first-order valence-corrected chi connectivity index (χ1v) is 8.71. The summed E-state index contributed by atoms with van der Waals surface area (Å²) in [5.74, 6) is -3.88. The number of aliphatic carboxylic acids is 1. The number of hydrogen-bond donors (Lipinski definition) is 2. The van der Waals surface area contributed by atoms with Crippen LogP contribution in [-0.4, -0.2) is 33.4 Å². The van der Waals surface area contributed by atoms with Crippen LogP contribution in [0.25, 0.3) is 0 Å². The van der Waals surface area contributed by atoms with Crippen LogP contribution in [0.4, 0.5) is 5.69 Å². The van der Waals surface area contributed by atoms with Crippen molar-refractivity contribution in [2.24, 2.45) is 11.8 Å². The Balaban J connectivity index is 1.85. The lowest BCUT2D eigenvalue weighted by Gasteiger charge is -2.27. The number of carbonyl (C=O) groups excluding carboxylic acids is 2. The summed E-state index contributed by atoms with van der Waals surface area (Å²) in [5.41, 5.74) is 0.259. The molecule has 0 aliphatic carbocycles. The van der Waals surface area contributed by atoms with Crippen LogP contribution < -0.4 is 10.2 Å². The van der Waals surface area contributed by atoms with E-state index in [1.807, 2.05) is 19.1 Å². The fraction of sp³-hybridized carbons (Fsp3) is 0.300. The first-order valence-electron chi connectivity index (χ1n) is 8.71. The summed E-state index contributed by atoms with van der Waals surface area (Å²) in [6, 6.07) is 11.7. The predicted octanol–water partition coefficient (Wildman–Crippen LogP) is 1.68. The Morgan fingerprint density at radius 1 is 1.15 bits per heavy atom. The van der Waals surface area contributed by atoms with Crippen molar-refractivity contribution in [3.05, 3.63) is 59.9 Å². The molecule has 0 bridgehead atoms. The molecule has 27 heavy (non-hydrogen) atoms. The third-order valence-corrected chi connectivity index (χ3v) is 5.59. The molecule has 138 valence electrons. The summed E-state index contributed by atoms with van der Waals surface area (Å²) < 4.78 is 0. The van der Waals surface area contributed by atoms with Gasteiger partial charge in [-0.05, 0) is 37.6 Å². The molecular weight excluding hydrogens is 346 g/mol. The molecule has 1 aromatic carbocycles. The number of fused-ring (bicyclic) bond motifs is 1. The minimum Gasteiger partial charge on any atom is -0.480 e. The molecule has 2 fully saturated rings. The van der Waals surface area contributed by atoms with E-state index < -0.39 is 41.2 Å². The highest BCUT2D eigenvalue weighted by molar-refractivity contribution is 6.24.